The van der Waals surface area contributed by atoms with E-state index in [4.69, 9.17) is 10.2 Å². The van der Waals surface area contributed by atoms with Crippen LogP contribution in [0, 0.1) is 0 Å². The molecule has 0 spiro atoms. The summed E-state index contributed by atoms with van der Waals surface area (Å²) in [6, 6.07) is 0. The number of aliphatic hydroxyl groups excluding tert-OH is 1. The van der Waals surface area contributed by atoms with Gasteiger partial charge in [-0.3, -0.25) is 0 Å². The topological polar surface area (TPSA) is 97.7 Å². The Kier molecular flexibility index (Phi) is 7.12. The number of aliphatic hydroxyl groups is 1. The van der Waals surface area contributed by atoms with Crippen LogP contribution in [0.25, 0.3) is 0 Å². The van der Waals surface area contributed by atoms with Gasteiger partial charge in [-0.15, -0.1) is 0 Å². The second kappa shape index (κ2) is 5.67. The number of carboxylic acid groups (broad SMARTS) is 2. The maximum Gasteiger partial charge on any atom is 1.00 e. The van der Waals surface area contributed by atoms with E-state index in [-0.39, 0.29) is 29.6 Å². The summed E-state index contributed by atoms with van der Waals surface area (Å²) >= 11 is 0. The monoisotopic (exact) mass is 156 g/mol. The first-order chi connectivity index (χ1) is 4.04. The first-order valence-electron chi connectivity index (χ1n) is 2.14. The molecule has 0 aliphatic rings. The van der Waals surface area contributed by atoms with Gasteiger partial charge in [0, 0.05) is 12.4 Å². The molecule has 5 nitrogen and oxygen atoms in total. The first-order valence-corrected chi connectivity index (χ1v) is 2.14. The molecular weight excluding hydrogens is 151 g/mol. The summed E-state index contributed by atoms with van der Waals surface area (Å²) in [6.45, 7) is 0. The molecule has 10 heavy (non-hydrogen) atoms. The van der Waals surface area contributed by atoms with E-state index in [9.17, 15) is 14.7 Å². The summed E-state index contributed by atoms with van der Waals surface area (Å²) < 4.78 is 0. The van der Waals surface area contributed by atoms with E-state index in [0.717, 1.165) is 0 Å². The van der Waals surface area contributed by atoms with Crippen LogP contribution in [0.1, 0.15) is 6.42 Å². The van der Waals surface area contributed by atoms with Crippen LogP contribution in [-0.4, -0.2) is 28.3 Å². The molecule has 0 saturated heterocycles. The molecule has 0 heterocycles. The largest absolute Gasteiger partial charge is 1.00 e. The van der Waals surface area contributed by atoms with Gasteiger partial charge < -0.3 is 20.1 Å². The number of hydrogen-bond donors (Lipinski definition) is 2. The van der Waals surface area contributed by atoms with Gasteiger partial charge in [0.25, 0.3) is 0 Å². The molecule has 0 aliphatic heterocycles. The Morgan fingerprint density at radius 2 is 1.90 bits per heavy atom. The summed E-state index contributed by atoms with van der Waals surface area (Å²) in [5.41, 5.74) is 0. The Morgan fingerprint density at radius 3 is 2.00 bits per heavy atom. The molecule has 1 atom stereocenters. The second-order valence-electron chi connectivity index (χ2n) is 1.43. The molecule has 2 N–H and O–H groups in total. The molecule has 0 aromatic rings. The van der Waals surface area contributed by atoms with Crippen LogP contribution in [0.2, 0.25) is 0 Å². The van der Waals surface area contributed by atoms with Gasteiger partial charge in [0.05, 0.1) is 0 Å². The maximum atomic E-state index is 9.69. The van der Waals surface area contributed by atoms with Crippen molar-refractivity contribution < 1.29 is 54.5 Å². The SMILES string of the molecule is O=C([O-])C[C@H](O)C(=O)O.[Na+]. The number of carboxylic acids is 2. The third kappa shape index (κ3) is 6.03. The summed E-state index contributed by atoms with van der Waals surface area (Å²) in [7, 11) is 0. The second-order valence-corrected chi connectivity index (χ2v) is 1.43. The van der Waals surface area contributed by atoms with Crippen molar-refractivity contribution >= 4 is 11.9 Å². The molecule has 0 bridgehead atoms. The number of hydrogen-bond acceptors (Lipinski definition) is 4. The molecule has 52 valence electrons. The molecule has 0 aliphatic carbocycles. The van der Waals surface area contributed by atoms with Gasteiger partial charge in [0.1, 0.15) is 0 Å². The Labute approximate surface area is 79.0 Å². The van der Waals surface area contributed by atoms with Crippen molar-refractivity contribution in [2.24, 2.45) is 0 Å². The minimum Gasteiger partial charge on any atom is -0.550 e. The number of carbonyl (C=O) groups is 2. The fourth-order valence-corrected chi connectivity index (χ4v) is 0.245. The average Bonchev–Trinajstić information content (AvgIpc) is 1.63. The Morgan fingerprint density at radius 1 is 1.50 bits per heavy atom. The maximum absolute atomic E-state index is 9.69. The van der Waals surface area contributed by atoms with E-state index >= 15 is 0 Å². The Bertz CT molecular complexity index is 134. The molecule has 0 amide bonds. The standard InChI is InChI=1S/C4H6O5.Na/c5-2(4(8)9)1-3(6)7;/h2,5H,1H2,(H,6,7)(H,8,9);/q;+1/p-1/t2-;/m0./s1. The van der Waals surface area contributed by atoms with E-state index in [2.05, 4.69) is 0 Å². The van der Waals surface area contributed by atoms with Crippen LogP contribution < -0.4 is 34.7 Å². The minimum absolute atomic E-state index is 0. The van der Waals surface area contributed by atoms with Crippen LogP contribution in [0.5, 0.6) is 0 Å². The third-order valence-corrected chi connectivity index (χ3v) is 0.645. The molecule has 0 unspecified atom stereocenters. The predicted molar refractivity (Wildman–Crippen MR) is 23.3 cm³/mol. The van der Waals surface area contributed by atoms with E-state index in [1.54, 1.807) is 0 Å². The third-order valence-electron chi connectivity index (χ3n) is 0.645. The summed E-state index contributed by atoms with van der Waals surface area (Å²) in [6.07, 6.45) is -2.72. The molecule has 0 aromatic heterocycles. The minimum atomic E-state index is -1.85. The predicted octanol–water partition coefficient (Wildman–Crippen LogP) is -5.42. The van der Waals surface area contributed by atoms with Gasteiger partial charge >= 0.3 is 35.5 Å². The van der Waals surface area contributed by atoms with Crippen LogP contribution >= 0.6 is 0 Å². The van der Waals surface area contributed by atoms with Crippen LogP contribution in [-0.2, 0) is 9.59 Å². The molecular formula is C4H5NaO5. The average molecular weight is 156 g/mol. The summed E-state index contributed by atoms with van der Waals surface area (Å²) in [5.74, 6) is -3.14. The van der Waals surface area contributed by atoms with Crippen molar-refractivity contribution in [1.29, 1.82) is 0 Å². The molecule has 0 saturated carbocycles. The van der Waals surface area contributed by atoms with Gasteiger partial charge in [0.2, 0.25) is 0 Å². The molecule has 6 heteroatoms. The summed E-state index contributed by atoms with van der Waals surface area (Å²) in [4.78, 5) is 19.3. The van der Waals surface area contributed by atoms with Gasteiger partial charge in [0.15, 0.2) is 6.10 Å². The zero-order valence-corrected chi connectivity index (χ0v) is 7.40. The Hall–Kier alpha value is -0.100. The number of rotatable bonds is 3. The van der Waals surface area contributed by atoms with Gasteiger partial charge in [-0.2, -0.15) is 0 Å². The van der Waals surface area contributed by atoms with Crippen LogP contribution in [0.15, 0.2) is 0 Å². The molecule has 0 fully saturated rings. The van der Waals surface area contributed by atoms with Crippen molar-refractivity contribution in [2.45, 2.75) is 12.5 Å². The van der Waals surface area contributed by atoms with Crippen LogP contribution in [0.4, 0.5) is 0 Å². The Balaban J connectivity index is 0. The van der Waals surface area contributed by atoms with Crippen molar-refractivity contribution in [3.05, 3.63) is 0 Å². The van der Waals surface area contributed by atoms with Crippen molar-refractivity contribution in [3.8, 4) is 0 Å². The molecule has 0 rings (SSSR count). The number of aliphatic carboxylic acids is 2. The fourth-order valence-electron chi connectivity index (χ4n) is 0.245. The fraction of sp³-hybridized carbons (Fsp3) is 0.500. The van der Waals surface area contributed by atoms with Crippen molar-refractivity contribution in [1.82, 2.24) is 0 Å². The quantitative estimate of drug-likeness (QED) is 0.397. The van der Waals surface area contributed by atoms with Crippen molar-refractivity contribution in [3.63, 3.8) is 0 Å². The van der Waals surface area contributed by atoms with Gasteiger partial charge in [-0.25, -0.2) is 4.79 Å². The normalized spacial score (nSPS) is 11.3. The smallest absolute Gasteiger partial charge is 0.550 e. The zero-order valence-electron chi connectivity index (χ0n) is 5.40. The van der Waals surface area contributed by atoms with Gasteiger partial charge in [-0.1, -0.05) is 0 Å². The molecule has 0 aromatic carbocycles. The van der Waals surface area contributed by atoms with E-state index in [0.29, 0.717) is 0 Å². The van der Waals surface area contributed by atoms with E-state index in [1.807, 2.05) is 0 Å². The van der Waals surface area contributed by atoms with Crippen LogP contribution in [0.3, 0.4) is 0 Å². The zero-order chi connectivity index (χ0) is 7.44. The van der Waals surface area contributed by atoms with Crippen molar-refractivity contribution in [2.75, 3.05) is 0 Å². The van der Waals surface area contributed by atoms with E-state index in [1.165, 1.54) is 0 Å². The first kappa shape index (κ1) is 12.6. The summed E-state index contributed by atoms with van der Waals surface area (Å²) in [5, 5.41) is 25.7. The molecule has 0 radical (unpaired) electrons. The number of carbonyl (C=O) groups excluding carboxylic acids is 1. The van der Waals surface area contributed by atoms with Gasteiger partial charge in [-0.05, 0) is 0 Å². The van der Waals surface area contributed by atoms with E-state index < -0.39 is 24.5 Å².